The summed E-state index contributed by atoms with van der Waals surface area (Å²) < 4.78 is 23.1. The number of aryl methyl sites for hydroxylation is 2. The van der Waals surface area contributed by atoms with E-state index in [1.165, 1.54) is 6.07 Å². The maximum atomic E-state index is 11.5. The SMILES string of the molecule is Cc1ccc(S(=O)(=O)C[N+](=O)[O-])c(C)c1. The van der Waals surface area contributed by atoms with Crippen LogP contribution >= 0.6 is 0 Å². The fourth-order valence-corrected chi connectivity index (χ4v) is 2.60. The van der Waals surface area contributed by atoms with E-state index in [0.29, 0.717) is 5.56 Å². The molecule has 0 bridgehead atoms. The highest BCUT2D eigenvalue weighted by Crippen LogP contribution is 2.17. The molecule has 0 saturated carbocycles. The summed E-state index contributed by atoms with van der Waals surface area (Å²) in [5.74, 6) is -1.06. The molecule has 0 spiro atoms. The highest BCUT2D eigenvalue weighted by atomic mass is 32.2. The van der Waals surface area contributed by atoms with E-state index < -0.39 is 20.6 Å². The van der Waals surface area contributed by atoms with Gasteiger partial charge in [0.2, 0.25) is 9.84 Å². The largest absolute Gasteiger partial charge is 0.305 e. The monoisotopic (exact) mass is 229 g/mol. The zero-order chi connectivity index (χ0) is 11.6. The normalized spacial score (nSPS) is 11.3. The minimum atomic E-state index is -3.81. The van der Waals surface area contributed by atoms with Gasteiger partial charge in [-0.05, 0) is 25.5 Å². The van der Waals surface area contributed by atoms with Crippen molar-refractivity contribution in [1.82, 2.24) is 0 Å². The van der Waals surface area contributed by atoms with Gasteiger partial charge >= 0.3 is 5.88 Å². The highest BCUT2D eigenvalue weighted by Gasteiger charge is 2.22. The summed E-state index contributed by atoms with van der Waals surface area (Å²) in [7, 11) is -3.81. The minimum absolute atomic E-state index is 0.0322. The lowest BCUT2D eigenvalue weighted by Gasteiger charge is -2.04. The van der Waals surface area contributed by atoms with E-state index in [4.69, 9.17) is 0 Å². The van der Waals surface area contributed by atoms with Crippen LogP contribution in [0.5, 0.6) is 0 Å². The van der Waals surface area contributed by atoms with Crippen LogP contribution in [0.25, 0.3) is 0 Å². The van der Waals surface area contributed by atoms with Crippen molar-refractivity contribution in [3.05, 3.63) is 39.4 Å². The Kier molecular flexibility index (Phi) is 3.09. The van der Waals surface area contributed by atoms with Crippen LogP contribution in [0.15, 0.2) is 23.1 Å². The molecular weight excluding hydrogens is 218 g/mol. The molecule has 0 radical (unpaired) electrons. The Balaban J connectivity index is 3.22. The van der Waals surface area contributed by atoms with E-state index in [2.05, 4.69) is 0 Å². The Morgan fingerprint density at radius 1 is 1.33 bits per heavy atom. The van der Waals surface area contributed by atoms with Crippen molar-refractivity contribution in [2.45, 2.75) is 18.7 Å². The van der Waals surface area contributed by atoms with E-state index >= 15 is 0 Å². The predicted molar refractivity (Wildman–Crippen MR) is 55.0 cm³/mol. The lowest BCUT2D eigenvalue weighted by atomic mass is 10.2. The van der Waals surface area contributed by atoms with Gasteiger partial charge in [-0.25, -0.2) is 8.42 Å². The Hall–Kier alpha value is -1.43. The van der Waals surface area contributed by atoms with Crippen LogP contribution in [0.3, 0.4) is 0 Å². The lowest BCUT2D eigenvalue weighted by Crippen LogP contribution is -2.15. The van der Waals surface area contributed by atoms with Crippen LogP contribution in [0, 0.1) is 24.0 Å². The first-order valence-corrected chi connectivity index (χ1v) is 5.90. The van der Waals surface area contributed by atoms with Gasteiger partial charge in [-0.3, -0.25) is 10.1 Å². The van der Waals surface area contributed by atoms with Crippen molar-refractivity contribution in [3.63, 3.8) is 0 Å². The number of rotatable bonds is 3. The van der Waals surface area contributed by atoms with Crippen molar-refractivity contribution >= 4 is 9.84 Å². The second kappa shape index (κ2) is 3.98. The zero-order valence-electron chi connectivity index (χ0n) is 8.43. The quantitative estimate of drug-likeness (QED) is 0.578. The first kappa shape index (κ1) is 11.6. The number of sulfone groups is 1. The molecule has 15 heavy (non-hydrogen) atoms. The van der Waals surface area contributed by atoms with Crippen LogP contribution < -0.4 is 0 Å². The molecule has 0 atom stereocenters. The average molecular weight is 229 g/mol. The number of hydrogen-bond acceptors (Lipinski definition) is 4. The third kappa shape index (κ3) is 2.76. The van der Waals surface area contributed by atoms with Gasteiger partial charge in [0.05, 0.1) is 4.90 Å². The second-order valence-corrected chi connectivity index (χ2v) is 5.27. The maximum Gasteiger partial charge on any atom is 0.305 e. The summed E-state index contributed by atoms with van der Waals surface area (Å²) in [5, 5.41) is 10.2. The molecule has 0 N–H and O–H groups in total. The van der Waals surface area contributed by atoms with Gasteiger partial charge in [0.25, 0.3) is 0 Å². The highest BCUT2D eigenvalue weighted by molar-refractivity contribution is 7.91. The van der Waals surface area contributed by atoms with Gasteiger partial charge < -0.3 is 0 Å². The van der Waals surface area contributed by atoms with E-state index in [1.807, 2.05) is 6.92 Å². The molecule has 0 aromatic heterocycles. The molecule has 1 rings (SSSR count). The molecule has 1 aromatic rings. The molecule has 5 nitrogen and oxygen atoms in total. The van der Waals surface area contributed by atoms with E-state index in [-0.39, 0.29) is 4.90 Å². The maximum absolute atomic E-state index is 11.5. The van der Waals surface area contributed by atoms with Gasteiger partial charge in [0.1, 0.15) is 0 Å². The standard InChI is InChI=1S/C9H11NO4S/c1-7-3-4-9(8(2)5-7)15(13,14)6-10(11)12/h3-5H,6H2,1-2H3. The lowest BCUT2D eigenvalue weighted by molar-refractivity contribution is -0.458. The molecular formula is C9H11NO4S. The molecule has 6 heteroatoms. The third-order valence-corrected chi connectivity index (χ3v) is 3.62. The summed E-state index contributed by atoms with van der Waals surface area (Å²) >= 11 is 0. The van der Waals surface area contributed by atoms with Crippen LogP contribution in [0.1, 0.15) is 11.1 Å². The molecule has 0 amide bonds. The van der Waals surface area contributed by atoms with Crippen molar-refractivity contribution in [2.75, 3.05) is 5.88 Å². The second-order valence-electron chi connectivity index (χ2n) is 3.35. The first-order valence-electron chi connectivity index (χ1n) is 4.25. The average Bonchev–Trinajstić information content (AvgIpc) is 1.99. The molecule has 0 unspecified atom stereocenters. The molecule has 1 aromatic carbocycles. The van der Waals surface area contributed by atoms with Gasteiger partial charge in [-0.2, -0.15) is 0 Å². The van der Waals surface area contributed by atoms with Crippen LogP contribution in [-0.2, 0) is 9.84 Å². The third-order valence-electron chi connectivity index (χ3n) is 1.94. The fourth-order valence-electron chi connectivity index (χ4n) is 1.36. The van der Waals surface area contributed by atoms with Crippen LogP contribution in [-0.4, -0.2) is 19.2 Å². The van der Waals surface area contributed by atoms with Crippen LogP contribution in [0.4, 0.5) is 0 Å². The topological polar surface area (TPSA) is 77.3 Å². The van der Waals surface area contributed by atoms with Crippen LogP contribution in [0.2, 0.25) is 0 Å². The summed E-state index contributed by atoms with van der Waals surface area (Å²) in [6.07, 6.45) is 0. The molecule has 0 aliphatic heterocycles. The van der Waals surface area contributed by atoms with Crippen molar-refractivity contribution in [1.29, 1.82) is 0 Å². The van der Waals surface area contributed by atoms with Crippen molar-refractivity contribution in [2.24, 2.45) is 0 Å². The van der Waals surface area contributed by atoms with Crippen molar-refractivity contribution in [3.8, 4) is 0 Å². The van der Waals surface area contributed by atoms with E-state index in [9.17, 15) is 18.5 Å². The summed E-state index contributed by atoms with van der Waals surface area (Å²) in [6, 6.07) is 4.72. The summed E-state index contributed by atoms with van der Waals surface area (Å²) in [4.78, 5) is 9.39. The Morgan fingerprint density at radius 2 is 1.93 bits per heavy atom. The Labute approximate surface area is 87.8 Å². The van der Waals surface area contributed by atoms with Gasteiger partial charge in [-0.1, -0.05) is 17.7 Å². The molecule has 0 aliphatic carbocycles. The summed E-state index contributed by atoms with van der Waals surface area (Å²) in [5.41, 5.74) is 1.46. The van der Waals surface area contributed by atoms with Gasteiger partial charge in [-0.15, -0.1) is 0 Å². The molecule has 82 valence electrons. The Morgan fingerprint density at radius 3 is 2.40 bits per heavy atom. The first-order chi connectivity index (χ1) is 6.83. The van der Waals surface area contributed by atoms with Gasteiger partial charge in [0, 0.05) is 4.92 Å². The van der Waals surface area contributed by atoms with E-state index in [1.54, 1.807) is 19.1 Å². The molecule has 0 heterocycles. The molecule has 0 fully saturated rings. The van der Waals surface area contributed by atoms with Crippen molar-refractivity contribution < 1.29 is 13.3 Å². The number of benzene rings is 1. The predicted octanol–water partition coefficient (Wildman–Crippen LogP) is 1.31. The Bertz CT molecular complexity index is 493. The minimum Gasteiger partial charge on any atom is -0.263 e. The number of nitro groups is 1. The smallest absolute Gasteiger partial charge is 0.263 e. The molecule has 0 aliphatic rings. The van der Waals surface area contributed by atoms with Gasteiger partial charge in [0.15, 0.2) is 0 Å². The van der Waals surface area contributed by atoms with E-state index in [0.717, 1.165) is 5.56 Å². The summed E-state index contributed by atoms with van der Waals surface area (Å²) in [6.45, 7) is 3.46. The number of nitrogens with zero attached hydrogens (tertiary/aromatic N) is 1. The number of hydrogen-bond donors (Lipinski definition) is 0. The fraction of sp³-hybridized carbons (Fsp3) is 0.333. The molecule has 0 saturated heterocycles. The zero-order valence-corrected chi connectivity index (χ0v) is 9.24.